The lowest BCUT2D eigenvalue weighted by Crippen LogP contribution is -2.43. The van der Waals surface area contributed by atoms with Gasteiger partial charge < -0.3 is 9.47 Å². The molecule has 9 heteroatoms. The van der Waals surface area contributed by atoms with E-state index in [9.17, 15) is 14.4 Å². The van der Waals surface area contributed by atoms with Crippen LogP contribution in [-0.2, 0) is 32.0 Å². The van der Waals surface area contributed by atoms with Crippen molar-refractivity contribution in [2.75, 3.05) is 7.05 Å². The largest absolute Gasteiger partial charge is 0.340 e. The van der Waals surface area contributed by atoms with Crippen LogP contribution in [0.15, 0.2) is 44.7 Å². The van der Waals surface area contributed by atoms with Crippen LogP contribution in [0, 0.1) is 0 Å². The van der Waals surface area contributed by atoms with E-state index in [-0.39, 0.29) is 18.0 Å². The van der Waals surface area contributed by atoms with E-state index in [1.165, 1.54) is 22.8 Å². The molecule has 0 saturated carbocycles. The van der Waals surface area contributed by atoms with Crippen molar-refractivity contribution in [3.05, 3.63) is 61.5 Å². The highest BCUT2D eigenvalue weighted by Crippen LogP contribution is 2.12. The summed E-state index contributed by atoms with van der Waals surface area (Å²) in [6, 6.07) is 7.59. The average Bonchev–Trinajstić information content (AvgIpc) is 3.00. The minimum atomic E-state index is -0.563. The minimum Gasteiger partial charge on any atom is -0.340 e. The third-order valence-electron chi connectivity index (χ3n) is 4.25. The Morgan fingerprint density at radius 2 is 1.85 bits per heavy atom. The Morgan fingerprint density at radius 3 is 2.50 bits per heavy atom. The molecule has 0 aliphatic carbocycles. The molecule has 3 rings (SSSR count). The smallest absolute Gasteiger partial charge is 0.332 e. The molecule has 0 fully saturated rings. The van der Waals surface area contributed by atoms with E-state index in [0.29, 0.717) is 12.2 Å². The average molecular weight is 420 g/mol. The molecule has 0 N–H and O–H groups in total. The maximum absolute atomic E-state index is 12.7. The molecule has 0 saturated heterocycles. The van der Waals surface area contributed by atoms with Crippen molar-refractivity contribution in [3.8, 4) is 0 Å². The summed E-state index contributed by atoms with van der Waals surface area (Å²) in [5.74, 6) is -0.325. The molecule has 0 bridgehead atoms. The first-order valence-electron chi connectivity index (χ1n) is 7.89. The standard InChI is InChI=1S/C17H18BrN5O3/c1-20(8-11-4-6-12(18)7-5-11)13(24)9-23-16(25)14-15(19-10-21(14)2)22(3)17(23)26/h4-7,10H,8-9H2,1-3H3. The SMILES string of the molecule is CN(Cc1ccc(Br)cc1)C(=O)Cn1c(=O)c2c(ncn2C)n(C)c1=O. The highest BCUT2D eigenvalue weighted by molar-refractivity contribution is 9.10. The Bertz CT molecular complexity index is 1090. The molecule has 0 unspecified atom stereocenters. The van der Waals surface area contributed by atoms with Gasteiger partial charge >= 0.3 is 5.69 Å². The molecule has 0 radical (unpaired) electrons. The number of rotatable bonds is 4. The molecular formula is C17H18BrN5O3. The van der Waals surface area contributed by atoms with Crippen molar-refractivity contribution in [1.29, 1.82) is 0 Å². The first-order valence-corrected chi connectivity index (χ1v) is 8.68. The molecule has 26 heavy (non-hydrogen) atoms. The van der Waals surface area contributed by atoms with Crippen LogP contribution in [0.1, 0.15) is 5.56 Å². The summed E-state index contributed by atoms with van der Waals surface area (Å²) in [5, 5.41) is 0. The number of hydrogen-bond acceptors (Lipinski definition) is 4. The summed E-state index contributed by atoms with van der Waals surface area (Å²) in [4.78, 5) is 43.2. The maximum atomic E-state index is 12.7. The van der Waals surface area contributed by atoms with Crippen molar-refractivity contribution in [2.45, 2.75) is 13.1 Å². The first kappa shape index (κ1) is 18.1. The Labute approximate surface area is 157 Å². The van der Waals surface area contributed by atoms with E-state index in [2.05, 4.69) is 20.9 Å². The summed E-state index contributed by atoms with van der Waals surface area (Å²) in [6.45, 7) is 0.0643. The van der Waals surface area contributed by atoms with Gasteiger partial charge in [-0.05, 0) is 17.7 Å². The van der Waals surface area contributed by atoms with E-state index in [1.807, 2.05) is 24.3 Å². The quantitative estimate of drug-likeness (QED) is 0.627. The van der Waals surface area contributed by atoms with E-state index in [0.717, 1.165) is 14.6 Å². The van der Waals surface area contributed by atoms with Gasteiger partial charge in [0.1, 0.15) is 6.54 Å². The highest BCUT2D eigenvalue weighted by atomic mass is 79.9. The number of carbonyl (C=O) groups excluding carboxylic acids is 1. The van der Waals surface area contributed by atoms with Crippen LogP contribution in [0.4, 0.5) is 0 Å². The molecule has 2 aromatic heterocycles. The lowest BCUT2D eigenvalue weighted by molar-refractivity contribution is -0.131. The number of aromatic nitrogens is 4. The molecule has 0 aliphatic rings. The van der Waals surface area contributed by atoms with Gasteiger partial charge in [-0.3, -0.25) is 14.2 Å². The summed E-state index contributed by atoms with van der Waals surface area (Å²) in [6.07, 6.45) is 1.47. The van der Waals surface area contributed by atoms with Crippen LogP contribution in [0.5, 0.6) is 0 Å². The Balaban J connectivity index is 1.89. The van der Waals surface area contributed by atoms with Gasteiger partial charge in [0.05, 0.1) is 6.33 Å². The number of benzene rings is 1. The number of fused-ring (bicyclic) bond motifs is 1. The third kappa shape index (κ3) is 3.22. The molecule has 0 spiro atoms. The van der Waals surface area contributed by atoms with Crippen LogP contribution >= 0.6 is 15.9 Å². The number of halogens is 1. The number of hydrogen-bond donors (Lipinski definition) is 0. The second-order valence-corrected chi connectivity index (χ2v) is 7.05. The molecule has 1 amide bonds. The Morgan fingerprint density at radius 1 is 1.19 bits per heavy atom. The third-order valence-corrected chi connectivity index (χ3v) is 4.78. The molecule has 3 aromatic rings. The van der Waals surface area contributed by atoms with E-state index in [4.69, 9.17) is 0 Å². The molecule has 8 nitrogen and oxygen atoms in total. The molecule has 0 aliphatic heterocycles. The van der Waals surface area contributed by atoms with E-state index < -0.39 is 11.2 Å². The van der Waals surface area contributed by atoms with Crippen molar-refractivity contribution < 1.29 is 4.79 Å². The number of likely N-dealkylation sites (N-methyl/N-ethyl adjacent to an activating group) is 1. The highest BCUT2D eigenvalue weighted by Gasteiger charge is 2.18. The van der Waals surface area contributed by atoms with Crippen molar-refractivity contribution >= 4 is 33.0 Å². The minimum absolute atomic E-state index is 0.287. The molecule has 0 atom stereocenters. The summed E-state index contributed by atoms with van der Waals surface area (Å²) in [5.41, 5.74) is 0.455. The molecule has 1 aromatic carbocycles. The summed E-state index contributed by atoms with van der Waals surface area (Å²) < 4.78 is 4.72. The fourth-order valence-corrected chi connectivity index (χ4v) is 3.01. The van der Waals surface area contributed by atoms with Crippen LogP contribution in [0.25, 0.3) is 11.2 Å². The number of carbonyl (C=O) groups is 1. The predicted molar refractivity (Wildman–Crippen MR) is 101 cm³/mol. The second kappa shape index (κ2) is 6.91. The Hall–Kier alpha value is -2.68. The van der Waals surface area contributed by atoms with E-state index >= 15 is 0 Å². The van der Waals surface area contributed by atoms with Gasteiger partial charge in [0.25, 0.3) is 5.56 Å². The first-order chi connectivity index (χ1) is 12.3. The topological polar surface area (TPSA) is 82.1 Å². The van der Waals surface area contributed by atoms with Crippen molar-refractivity contribution in [2.24, 2.45) is 14.1 Å². The molecule has 136 valence electrons. The fourth-order valence-electron chi connectivity index (χ4n) is 2.74. The normalized spacial score (nSPS) is 11.1. The van der Waals surface area contributed by atoms with Crippen LogP contribution in [0.3, 0.4) is 0 Å². The Kier molecular flexibility index (Phi) is 4.82. The summed E-state index contributed by atoms with van der Waals surface area (Å²) >= 11 is 3.37. The van der Waals surface area contributed by atoms with Gasteiger partial charge in [-0.2, -0.15) is 0 Å². The lowest BCUT2D eigenvalue weighted by Gasteiger charge is -2.18. The lowest BCUT2D eigenvalue weighted by atomic mass is 10.2. The molecule has 2 heterocycles. The predicted octanol–water partition coefficient (Wildman–Crippen LogP) is 0.855. The summed E-state index contributed by atoms with van der Waals surface area (Å²) in [7, 11) is 4.85. The zero-order valence-corrected chi connectivity index (χ0v) is 16.2. The molecular weight excluding hydrogens is 402 g/mol. The monoisotopic (exact) mass is 419 g/mol. The van der Waals surface area contributed by atoms with E-state index in [1.54, 1.807) is 18.7 Å². The van der Waals surface area contributed by atoms with Gasteiger partial charge in [-0.25, -0.2) is 14.3 Å². The van der Waals surface area contributed by atoms with Gasteiger partial charge in [-0.1, -0.05) is 28.1 Å². The van der Waals surface area contributed by atoms with Crippen molar-refractivity contribution in [3.63, 3.8) is 0 Å². The second-order valence-electron chi connectivity index (χ2n) is 6.14. The van der Waals surface area contributed by atoms with Crippen molar-refractivity contribution in [1.82, 2.24) is 23.6 Å². The van der Waals surface area contributed by atoms with Gasteiger partial charge in [0.2, 0.25) is 5.91 Å². The fraction of sp³-hybridized carbons (Fsp3) is 0.294. The maximum Gasteiger partial charge on any atom is 0.332 e. The van der Waals surface area contributed by atoms with Crippen LogP contribution in [-0.4, -0.2) is 36.5 Å². The van der Waals surface area contributed by atoms with Gasteiger partial charge in [0.15, 0.2) is 11.2 Å². The van der Waals surface area contributed by atoms with Crippen LogP contribution in [0.2, 0.25) is 0 Å². The number of nitrogens with zero attached hydrogens (tertiary/aromatic N) is 5. The zero-order chi connectivity index (χ0) is 19.0. The number of amides is 1. The van der Waals surface area contributed by atoms with Gasteiger partial charge in [0, 0.05) is 32.2 Å². The van der Waals surface area contributed by atoms with Crippen LogP contribution < -0.4 is 11.2 Å². The van der Waals surface area contributed by atoms with Gasteiger partial charge in [-0.15, -0.1) is 0 Å². The zero-order valence-electron chi connectivity index (χ0n) is 14.6. The number of imidazole rings is 1. The number of aryl methyl sites for hydroxylation is 2.